The molecule has 2 aromatic carbocycles. The normalized spacial score (nSPS) is 10.7. The van der Waals surface area contributed by atoms with Gasteiger partial charge in [0.25, 0.3) is 5.56 Å². The van der Waals surface area contributed by atoms with Crippen LogP contribution in [0.25, 0.3) is 10.9 Å². The number of para-hydroxylation sites is 1. The maximum Gasteiger partial charge on any atom is 0.338 e. The molecular formula is C17H13FN2O3. The van der Waals surface area contributed by atoms with Gasteiger partial charge < -0.3 is 9.72 Å². The smallest absolute Gasteiger partial charge is 0.338 e. The Hall–Kier alpha value is -3.02. The topological polar surface area (TPSA) is 72.0 Å². The number of ether oxygens (including phenoxy) is 1. The molecule has 0 saturated heterocycles. The first-order valence-electron chi connectivity index (χ1n) is 6.96. The van der Waals surface area contributed by atoms with Gasteiger partial charge in [0.1, 0.15) is 18.2 Å². The molecule has 5 nitrogen and oxygen atoms in total. The van der Waals surface area contributed by atoms with Crippen LogP contribution < -0.4 is 5.56 Å². The Balaban J connectivity index is 1.79. The fraction of sp³-hybridized carbons (Fsp3) is 0.118. The summed E-state index contributed by atoms with van der Waals surface area (Å²) in [7, 11) is 0. The fourth-order valence-electron chi connectivity index (χ4n) is 2.14. The number of hydrogen-bond donors (Lipinski definition) is 1. The van der Waals surface area contributed by atoms with Crippen LogP contribution in [0.1, 0.15) is 21.7 Å². The van der Waals surface area contributed by atoms with Crippen LogP contribution in [-0.4, -0.2) is 15.9 Å². The highest BCUT2D eigenvalue weighted by Gasteiger charge is 2.11. The molecule has 0 spiro atoms. The van der Waals surface area contributed by atoms with Crippen molar-refractivity contribution in [3.63, 3.8) is 0 Å². The van der Waals surface area contributed by atoms with Crippen molar-refractivity contribution in [3.05, 3.63) is 75.6 Å². The van der Waals surface area contributed by atoms with Gasteiger partial charge in [-0.3, -0.25) is 4.79 Å². The summed E-state index contributed by atoms with van der Waals surface area (Å²) in [6.45, 7) is 1.41. The van der Waals surface area contributed by atoms with Gasteiger partial charge in [-0.2, -0.15) is 0 Å². The van der Waals surface area contributed by atoms with Crippen LogP contribution in [0.4, 0.5) is 4.39 Å². The number of rotatable bonds is 3. The molecule has 0 atom stereocenters. The Morgan fingerprint density at radius 1 is 1.26 bits per heavy atom. The third-order valence-corrected chi connectivity index (χ3v) is 3.41. The second-order valence-electron chi connectivity index (χ2n) is 5.07. The molecule has 0 amide bonds. The van der Waals surface area contributed by atoms with E-state index in [4.69, 9.17) is 4.74 Å². The van der Waals surface area contributed by atoms with Crippen LogP contribution in [0.15, 0.2) is 47.3 Å². The Bertz CT molecular complexity index is 950. The number of H-pyrrole nitrogens is 1. The first-order valence-corrected chi connectivity index (χ1v) is 6.96. The summed E-state index contributed by atoms with van der Waals surface area (Å²) in [5, 5.41) is 0.461. The molecule has 0 bridgehead atoms. The van der Waals surface area contributed by atoms with Gasteiger partial charge in [0.05, 0.1) is 16.5 Å². The summed E-state index contributed by atoms with van der Waals surface area (Å²) in [6, 6.07) is 11.0. The zero-order chi connectivity index (χ0) is 16.4. The van der Waals surface area contributed by atoms with E-state index < -0.39 is 11.8 Å². The van der Waals surface area contributed by atoms with E-state index in [2.05, 4.69) is 9.97 Å². The van der Waals surface area contributed by atoms with Gasteiger partial charge in [-0.05, 0) is 36.8 Å². The fourth-order valence-corrected chi connectivity index (χ4v) is 2.14. The van der Waals surface area contributed by atoms with E-state index in [1.165, 1.54) is 12.1 Å². The van der Waals surface area contributed by atoms with Crippen molar-refractivity contribution in [2.24, 2.45) is 0 Å². The number of hydrogen-bond acceptors (Lipinski definition) is 4. The molecule has 23 heavy (non-hydrogen) atoms. The number of halogens is 1. The van der Waals surface area contributed by atoms with E-state index >= 15 is 0 Å². The second-order valence-corrected chi connectivity index (χ2v) is 5.07. The number of benzene rings is 2. The number of aromatic amines is 1. The van der Waals surface area contributed by atoms with Crippen molar-refractivity contribution in [1.82, 2.24) is 9.97 Å². The van der Waals surface area contributed by atoms with Crippen LogP contribution >= 0.6 is 0 Å². The monoisotopic (exact) mass is 312 g/mol. The number of aryl methyl sites for hydroxylation is 1. The number of fused-ring (bicyclic) bond motifs is 1. The highest BCUT2D eigenvalue weighted by molar-refractivity contribution is 5.89. The van der Waals surface area contributed by atoms with Crippen molar-refractivity contribution in [2.75, 3.05) is 0 Å². The lowest BCUT2D eigenvalue weighted by molar-refractivity contribution is 0.0461. The van der Waals surface area contributed by atoms with Gasteiger partial charge in [0.15, 0.2) is 0 Å². The minimum Gasteiger partial charge on any atom is -0.454 e. The lowest BCUT2D eigenvalue weighted by Crippen LogP contribution is -2.14. The van der Waals surface area contributed by atoms with Gasteiger partial charge in [-0.25, -0.2) is 14.2 Å². The second kappa shape index (κ2) is 6.00. The minimum absolute atomic E-state index is 0.108. The zero-order valence-electron chi connectivity index (χ0n) is 12.3. The van der Waals surface area contributed by atoms with Gasteiger partial charge in [0, 0.05) is 0 Å². The van der Waals surface area contributed by atoms with Crippen LogP contribution in [0.2, 0.25) is 0 Å². The van der Waals surface area contributed by atoms with Crippen molar-refractivity contribution in [3.8, 4) is 0 Å². The molecule has 0 saturated carbocycles. The van der Waals surface area contributed by atoms with Gasteiger partial charge in [0.2, 0.25) is 0 Å². The summed E-state index contributed by atoms with van der Waals surface area (Å²) in [5.41, 5.74) is 0.769. The number of nitrogens with zero attached hydrogens (tertiary/aromatic N) is 1. The lowest BCUT2D eigenvalue weighted by Gasteiger charge is -2.06. The number of carbonyl (C=O) groups excluding carboxylic acids is 1. The predicted octanol–water partition coefficient (Wildman–Crippen LogP) is 2.73. The van der Waals surface area contributed by atoms with E-state index in [1.807, 2.05) is 0 Å². The first-order chi connectivity index (χ1) is 11.0. The average molecular weight is 312 g/mol. The van der Waals surface area contributed by atoms with E-state index in [0.717, 1.165) is 6.07 Å². The maximum atomic E-state index is 13.5. The number of esters is 1. The average Bonchev–Trinajstić information content (AvgIpc) is 2.55. The lowest BCUT2D eigenvalue weighted by atomic mass is 10.1. The highest BCUT2D eigenvalue weighted by Crippen LogP contribution is 2.11. The van der Waals surface area contributed by atoms with Gasteiger partial charge in [-0.15, -0.1) is 0 Å². The SMILES string of the molecule is Cc1ccc(C(=O)OCc2nc3ccccc3c(=O)[nH]2)cc1F. The van der Waals surface area contributed by atoms with Crippen molar-refractivity contribution in [2.45, 2.75) is 13.5 Å². The summed E-state index contributed by atoms with van der Waals surface area (Å²) in [4.78, 5) is 30.6. The standard InChI is InChI=1S/C17H13FN2O3/c1-10-6-7-11(8-13(10)18)17(22)23-9-15-19-14-5-3-2-4-12(14)16(21)20-15/h2-8H,9H2,1H3,(H,19,20,21). The van der Waals surface area contributed by atoms with E-state index in [1.54, 1.807) is 31.2 Å². The van der Waals surface area contributed by atoms with Crippen LogP contribution in [-0.2, 0) is 11.3 Å². The molecule has 0 radical (unpaired) electrons. The third-order valence-electron chi connectivity index (χ3n) is 3.41. The summed E-state index contributed by atoms with van der Waals surface area (Å²) in [6.07, 6.45) is 0. The van der Waals surface area contributed by atoms with Crippen molar-refractivity contribution in [1.29, 1.82) is 0 Å². The molecule has 0 aliphatic carbocycles. The largest absolute Gasteiger partial charge is 0.454 e. The number of carbonyl (C=O) groups is 1. The first kappa shape index (κ1) is 14.9. The van der Waals surface area contributed by atoms with E-state index in [9.17, 15) is 14.0 Å². The molecule has 3 aromatic rings. The van der Waals surface area contributed by atoms with Crippen molar-refractivity contribution < 1.29 is 13.9 Å². The molecule has 0 unspecified atom stereocenters. The van der Waals surface area contributed by atoms with Gasteiger partial charge in [-0.1, -0.05) is 18.2 Å². The molecule has 0 aliphatic heterocycles. The number of aromatic nitrogens is 2. The van der Waals surface area contributed by atoms with Crippen LogP contribution in [0, 0.1) is 12.7 Å². The quantitative estimate of drug-likeness (QED) is 0.755. The van der Waals surface area contributed by atoms with Crippen LogP contribution in [0.5, 0.6) is 0 Å². The molecule has 1 heterocycles. The van der Waals surface area contributed by atoms with Crippen molar-refractivity contribution >= 4 is 16.9 Å². The predicted molar refractivity (Wildman–Crippen MR) is 82.6 cm³/mol. The molecule has 1 aromatic heterocycles. The zero-order valence-corrected chi connectivity index (χ0v) is 12.3. The highest BCUT2D eigenvalue weighted by atomic mass is 19.1. The minimum atomic E-state index is -0.681. The molecule has 1 N–H and O–H groups in total. The summed E-state index contributed by atoms with van der Waals surface area (Å²) >= 11 is 0. The maximum absolute atomic E-state index is 13.5. The molecule has 0 aliphatic rings. The molecule has 0 fully saturated rings. The Morgan fingerprint density at radius 3 is 2.83 bits per heavy atom. The Morgan fingerprint density at radius 2 is 2.04 bits per heavy atom. The Labute approximate surface area is 130 Å². The van der Waals surface area contributed by atoms with Gasteiger partial charge >= 0.3 is 5.97 Å². The molecule has 6 heteroatoms. The molecule has 3 rings (SSSR count). The van der Waals surface area contributed by atoms with E-state index in [0.29, 0.717) is 16.5 Å². The summed E-state index contributed by atoms with van der Waals surface area (Å²) in [5.74, 6) is -0.925. The number of nitrogens with one attached hydrogen (secondary N) is 1. The Kier molecular flexibility index (Phi) is 3.89. The molecular weight excluding hydrogens is 299 g/mol. The molecule has 116 valence electrons. The van der Waals surface area contributed by atoms with Crippen LogP contribution in [0.3, 0.4) is 0 Å². The third kappa shape index (κ3) is 3.11. The van der Waals surface area contributed by atoms with E-state index in [-0.39, 0.29) is 23.6 Å². The summed E-state index contributed by atoms with van der Waals surface area (Å²) < 4.78 is 18.5.